The van der Waals surface area contributed by atoms with E-state index in [2.05, 4.69) is 20.5 Å². The molecule has 1 atom stereocenters. The normalized spacial score (nSPS) is 19.2. The molecule has 22 heavy (non-hydrogen) atoms. The fourth-order valence-corrected chi connectivity index (χ4v) is 2.36. The van der Waals surface area contributed by atoms with E-state index in [1.807, 2.05) is 17.9 Å². The minimum Gasteiger partial charge on any atom is -0.467 e. The van der Waals surface area contributed by atoms with Gasteiger partial charge in [0.2, 0.25) is 5.91 Å². The summed E-state index contributed by atoms with van der Waals surface area (Å²) in [4.78, 5) is 18.3. The Labute approximate surface area is 127 Å². The molecule has 2 aromatic rings. The quantitative estimate of drug-likeness (QED) is 0.830. The molecule has 3 rings (SSSR count). The van der Waals surface area contributed by atoms with Gasteiger partial charge in [-0.2, -0.15) is 5.10 Å². The van der Waals surface area contributed by atoms with Gasteiger partial charge in [-0.15, -0.1) is 0 Å². The van der Waals surface area contributed by atoms with Crippen LogP contribution in [0.15, 0.2) is 22.8 Å². The number of aryl methyl sites for hydroxylation is 1. The van der Waals surface area contributed by atoms with Crippen LogP contribution in [0.5, 0.6) is 0 Å². The van der Waals surface area contributed by atoms with Gasteiger partial charge in [0.05, 0.1) is 26.0 Å². The lowest BCUT2D eigenvalue weighted by molar-refractivity contribution is -0.124. The molecular formula is C14H19N5O3. The summed E-state index contributed by atoms with van der Waals surface area (Å²) in [6.07, 6.45) is 1.39. The summed E-state index contributed by atoms with van der Waals surface area (Å²) in [5.74, 6) is 2.10. The zero-order valence-electron chi connectivity index (χ0n) is 12.4. The Kier molecular flexibility index (Phi) is 4.50. The number of nitrogens with one attached hydrogen (secondary N) is 2. The van der Waals surface area contributed by atoms with Gasteiger partial charge >= 0.3 is 0 Å². The molecule has 8 heteroatoms. The summed E-state index contributed by atoms with van der Waals surface area (Å²) < 4.78 is 10.9. The van der Waals surface area contributed by atoms with E-state index in [9.17, 15) is 4.79 Å². The van der Waals surface area contributed by atoms with Crippen molar-refractivity contribution in [2.75, 3.05) is 26.2 Å². The van der Waals surface area contributed by atoms with E-state index < -0.39 is 0 Å². The Morgan fingerprint density at radius 2 is 2.50 bits per heavy atom. The molecule has 0 aliphatic carbocycles. The van der Waals surface area contributed by atoms with Gasteiger partial charge in [0.25, 0.3) is 0 Å². The van der Waals surface area contributed by atoms with E-state index in [0.29, 0.717) is 38.6 Å². The number of amides is 1. The van der Waals surface area contributed by atoms with Crippen molar-refractivity contribution in [2.24, 2.45) is 0 Å². The molecule has 1 aliphatic heterocycles. The lowest BCUT2D eigenvalue weighted by Gasteiger charge is -2.30. The van der Waals surface area contributed by atoms with Crippen LogP contribution in [-0.2, 0) is 16.1 Å². The number of hydrogen-bond donors (Lipinski definition) is 2. The predicted octanol–water partition coefficient (Wildman–Crippen LogP) is 0.396. The number of carbonyl (C=O) groups is 1. The molecule has 3 heterocycles. The number of aromatic amines is 1. The van der Waals surface area contributed by atoms with Crippen LogP contribution in [0.3, 0.4) is 0 Å². The number of furan rings is 1. The molecule has 8 nitrogen and oxygen atoms in total. The Morgan fingerprint density at radius 3 is 3.23 bits per heavy atom. The van der Waals surface area contributed by atoms with Gasteiger partial charge in [0.1, 0.15) is 17.7 Å². The first-order valence-corrected chi connectivity index (χ1v) is 7.22. The third-order valence-electron chi connectivity index (χ3n) is 3.46. The van der Waals surface area contributed by atoms with Crippen molar-refractivity contribution in [1.29, 1.82) is 0 Å². The molecular weight excluding hydrogens is 286 g/mol. The largest absolute Gasteiger partial charge is 0.467 e. The standard InChI is InChI=1S/C14H19N5O3/c1-10-16-14(18-17-10)12-8-19(4-6-22-12)9-13(20)15-7-11-3-2-5-21-11/h2-3,5,12H,4,6-9H2,1H3,(H,15,20)(H,16,17,18)/t12-/m0/s1. The zero-order chi connectivity index (χ0) is 15.4. The first kappa shape index (κ1) is 14.7. The minimum atomic E-state index is -0.198. The molecule has 0 aromatic carbocycles. The van der Waals surface area contributed by atoms with Crippen LogP contribution in [-0.4, -0.2) is 52.2 Å². The summed E-state index contributed by atoms with van der Waals surface area (Å²) in [7, 11) is 0. The van der Waals surface area contributed by atoms with E-state index in [1.54, 1.807) is 12.3 Å². The number of rotatable bonds is 5. The molecule has 118 valence electrons. The maximum absolute atomic E-state index is 12.0. The second-order valence-corrected chi connectivity index (χ2v) is 5.23. The fraction of sp³-hybridized carbons (Fsp3) is 0.500. The molecule has 0 unspecified atom stereocenters. The molecule has 0 saturated carbocycles. The monoisotopic (exact) mass is 305 g/mol. The highest BCUT2D eigenvalue weighted by Gasteiger charge is 2.26. The third-order valence-corrected chi connectivity index (χ3v) is 3.46. The second-order valence-electron chi connectivity index (χ2n) is 5.23. The Hall–Kier alpha value is -2.19. The first-order chi connectivity index (χ1) is 10.7. The predicted molar refractivity (Wildman–Crippen MR) is 76.8 cm³/mol. The van der Waals surface area contributed by atoms with E-state index in [0.717, 1.165) is 11.6 Å². The van der Waals surface area contributed by atoms with Crippen molar-refractivity contribution in [3.63, 3.8) is 0 Å². The molecule has 1 fully saturated rings. The van der Waals surface area contributed by atoms with Crippen LogP contribution in [0.25, 0.3) is 0 Å². The number of carbonyl (C=O) groups excluding carboxylic acids is 1. The fourth-order valence-electron chi connectivity index (χ4n) is 2.36. The summed E-state index contributed by atoms with van der Waals surface area (Å²) in [5, 5.41) is 9.77. The van der Waals surface area contributed by atoms with Crippen LogP contribution < -0.4 is 5.32 Å². The van der Waals surface area contributed by atoms with Gasteiger partial charge in [0.15, 0.2) is 5.82 Å². The summed E-state index contributed by atoms with van der Waals surface area (Å²) in [5.41, 5.74) is 0. The number of ether oxygens (including phenoxy) is 1. The van der Waals surface area contributed by atoms with Crippen molar-refractivity contribution in [3.05, 3.63) is 35.8 Å². The van der Waals surface area contributed by atoms with Gasteiger partial charge in [-0.3, -0.25) is 14.8 Å². The van der Waals surface area contributed by atoms with Crippen LogP contribution in [0, 0.1) is 6.92 Å². The Bertz CT molecular complexity index is 610. The van der Waals surface area contributed by atoms with Gasteiger partial charge < -0.3 is 14.5 Å². The molecule has 0 bridgehead atoms. The van der Waals surface area contributed by atoms with Gasteiger partial charge in [-0.1, -0.05) is 0 Å². The maximum Gasteiger partial charge on any atom is 0.234 e. The van der Waals surface area contributed by atoms with Crippen molar-refractivity contribution >= 4 is 5.91 Å². The number of nitrogens with zero attached hydrogens (tertiary/aromatic N) is 3. The highest BCUT2D eigenvalue weighted by atomic mass is 16.5. The Balaban J connectivity index is 1.48. The average molecular weight is 305 g/mol. The number of aromatic nitrogens is 3. The van der Waals surface area contributed by atoms with Gasteiger partial charge in [0, 0.05) is 13.1 Å². The second kappa shape index (κ2) is 6.71. The van der Waals surface area contributed by atoms with Crippen molar-refractivity contribution in [2.45, 2.75) is 19.6 Å². The highest BCUT2D eigenvalue weighted by molar-refractivity contribution is 5.77. The third kappa shape index (κ3) is 3.71. The molecule has 1 aliphatic rings. The summed E-state index contributed by atoms with van der Waals surface area (Å²) in [6.45, 7) is 4.45. The van der Waals surface area contributed by atoms with Crippen molar-refractivity contribution in [3.8, 4) is 0 Å². The average Bonchev–Trinajstić information content (AvgIpc) is 3.17. The topological polar surface area (TPSA) is 96.3 Å². The van der Waals surface area contributed by atoms with Crippen LogP contribution in [0.2, 0.25) is 0 Å². The number of morpholine rings is 1. The Morgan fingerprint density at radius 1 is 1.59 bits per heavy atom. The maximum atomic E-state index is 12.0. The molecule has 1 amide bonds. The molecule has 2 aromatic heterocycles. The van der Waals surface area contributed by atoms with E-state index in [-0.39, 0.29) is 12.0 Å². The molecule has 1 saturated heterocycles. The first-order valence-electron chi connectivity index (χ1n) is 7.22. The van der Waals surface area contributed by atoms with Crippen LogP contribution in [0.4, 0.5) is 0 Å². The number of hydrogen-bond acceptors (Lipinski definition) is 6. The van der Waals surface area contributed by atoms with Crippen LogP contribution in [0.1, 0.15) is 23.5 Å². The van der Waals surface area contributed by atoms with Crippen LogP contribution >= 0.6 is 0 Å². The minimum absolute atomic E-state index is 0.0387. The summed E-state index contributed by atoms with van der Waals surface area (Å²) >= 11 is 0. The smallest absolute Gasteiger partial charge is 0.234 e. The van der Waals surface area contributed by atoms with E-state index in [1.165, 1.54) is 0 Å². The van der Waals surface area contributed by atoms with Crippen molar-refractivity contribution in [1.82, 2.24) is 25.4 Å². The zero-order valence-corrected chi connectivity index (χ0v) is 12.4. The lowest BCUT2D eigenvalue weighted by atomic mass is 10.2. The molecule has 0 spiro atoms. The highest BCUT2D eigenvalue weighted by Crippen LogP contribution is 2.18. The molecule has 0 radical (unpaired) electrons. The van der Waals surface area contributed by atoms with Gasteiger partial charge in [-0.25, -0.2) is 4.98 Å². The number of H-pyrrole nitrogens is 1. The lowest BCUT2D eigenvalue weighted by Crippen LogP contribution is -2.44. The van der Waals surface area contributed by atoms with Gasteiger partial charge in [-0.05, 0) is 19.1 Å². The van der Waals surface area contributed by atoms with E-state index >= 15 is 0 Å². The summed E-state index contributed by atoms with van der Waals surface area (Å²) in [6, 6.07) is 3.63. The van der Waals surface area contributed by atoms with E-state index in [4.69, 9.17) is 9.15 Å². The SMILES string of the molecule is Cc1nc([C@@H]2CN(CC(=O)NCc3ccco3)CCO2)n[nH]1. The molecule has 2 N–H and O–H groups in total. The van der Waals surface area contributed by atoms with Crippen molar-refractivity contribution < 1.29 is 13.9 Å².